The number of aromatic nitrogens is 2. The van der Waals surface area contributed by atoms with Gasteiger partial charge in [-0.3, -0.25) is 0 Å². The monoisotopic (exact) mass is 251 g/mol. The number of aromatic carboxylic acids is 1. The molecule has 1 aliphatic heterocycles. The van der Waals surface area contributed by atoms with Crippen molar-refractivity contribution in [2.24, 2.45) is 5.92 Å². The van der Waals surface area contributed by atoms with E-state index in [2.05, 4.69) is 15.5 Å². The lowest BCUT2D eigenvalue weighted by Crippen LogP contribution is -2.20. The second-order valence-electron chi connectivity index (χ2n) is 4.41. The standard InChI is InChI=1S/C12H17N3O3/c16-12(17)10-3-4-11(15-14-10)13-6-5-9-2-1-7-18-8-9/h3-4,9H,1-2,5-8H2,(H,13,15)(H,16,17)/t9-/m1/s1. The largest absolute Gasteiger partial charge is 0.476 e. The van der Waals surface area contributed by atoms with E-state index >= 15 is 0 Å². The molecule has 2 heterocycles. The Balaban J connectivity index is 1.74. The zero-order valence-corrected chi connectivity index (χ0v) is 10.1. The highest BCUT2D eigenvalue weighted by atomic mass is 16.5. The molecule has 2 rings (SSSR count). The van der Waals surface area contributed by atoms with E-state index in [0.717, 1.165) is 32.6 Å². The molecule has 18 heavy (non-hydrogen) atoms. The van der Waals surface area contributed by atoms with E-state index in [0.29, 0.717) is 11.7 Å². The lowest BCUT2D eigenvalue weighted by Gasteiger charge is -2.21. The average molecular weight is 251 g/mol. The van der Waals surface area contributed by atoms with Crippen molar-refractivity contribution >= 4 is 11.8 Å². The van der Waals surface area contributed by atoms with Crippen LogP contribution in [-0.2, 0) is 4.74 Å². The first-order valence-corrected chi connectivity index (χ1v) is 6.14. The number of hydrogen-bond donors (Lipinski definition) is 2. The summed E-state index contributed by atoms with van der Waals surface area (Å²) in [6.07, 6.45) is 3.38. The Morgan fingerprint density at radius 2 is 2.39 bits per heavy atom. The number of carbonyl (C=O) groups is 1. The number of ether oxygens (including phenoxy) is 1. The molecule has 0 aromatic carbocycles. The molecule has 6 nitrogen and oxygen atoms in total. The number of hydrogen-bond acceptors (Lipinski definition) is 5. The Kier molecular flexibility index (Phi) is 4.46. The Hall–Kier alpha value is -1.69. The van der Waals surface area contributed by atoms with Crippen LogP contribution in [-0.4, -0.2) is 41.0 Å². The molecule has 0 unspecified atom stereocenters. The quantitative estimate of drug-likeness (QED) is 0.823. The van der Waals surface area contributed by atoms with Crippen molar-refractivity contribution in [3.05, 3.63) is 17.8 Å². The molecule has 0 spiro atoms. The second kappa shape index (κ2) is 6.30. The van der Waals surface area contributed by atoms with Crippen molar-refractivity contribution in [1.82, 2.24) is 10.2 Å². The van der Waals surface area contributed by atoms with Crippen LogP contribution < -0.4 is 5.32 Å². The van der Waals surface area contributed by atoms with Crippen LogP contribution in [0.15, 0.2) is 12.1 Å². The molecule has 1 aromatic heterocycles. The van der Waals surface area contributed by atoms with E-state index in [1.54, 1.807) is 6.07 Å². The zero-order chi connectivity index (χ0) is 12.8. The molecule has 0 aliphatic carbocycles. The highest BCUT2D eigenvalue weighted by molar-refractivity contribution is 5.85. The van der Waals surface area contributed by atoms with Crippen molar-refractivity contribution in [2.75, 3.05) is 25.1 Å². The van der Waals surface area contributed by atoms with Crippen molar-refractivity contribution in [3.8, 4) is 0 Å². The summed E-state index contributed by atoms with van der Waals surface area (Å²) in [6, 6.07) is 3.08. The van der Waals surface area contributed by atoms with Crippen LogP contribution >= 0.6 is 0 Å². The van der Waals surface area contributed by atoms with Crippen LogP contribution in [0, 0.1) is 5.92 Å². The van der Waals surface area contributed by atoms with E-state index in [1.807, 2.05) is 0 Å². The average Bonchev–Trinajstić information content (AvgIpc) is 2.40. The molecule has 0 bridgehead atoms. The molecule has 98 valence electrons. The van der Waals surface area contributed by atoms with Crippen LogP contribution in [0.1, 0.15) is 29.8 Å². The van der Waals surface area contributed by atoms with Crippen molar-refractivity contribution in [1.29, 1.82) is 0 Å². The maximum atomic E-state index is 10.6. The fourth-order valence-electron chi connectivity index (χ4n) is 1.98. The summed E-state index contributed by atoms with van der Waals surface area (Å²) in [4.78, 5) is 10.6. The molecule has 1 aromatic rings. The highest BCUT2D eigenvalue weighted by Crippen LogP contribution is 2.16. The van der Waals surface area contributed by atoms with Crippen LogP contribution in [0.4, 0.5) is 5.82 Å². The summed E-state index contributed by atoms with van der Waals surface area (Å²) in [7, 11) is 0. The fraction of sp³-hybridized carbons (Fsp3) is 0.583. The molecule has 0 amide bonds. The van der Waals surface area contributed by atoms with Gasteiger partial charge in [-0.1, -0.05) is 0 Å². The predicted molar refractivity (Wildman–Crippen MR) is 65.6 cm³/mol. The summed E-state index contributed by atoms with van der Waals surface area (Å²) < 4.78 is 5.41. The van der Waals surface area contributed by atoms with Gasteiger partial charge in [0.15, 0.2) is 5.69 Å². The van der Waals surface area contributed by atoms with Gasteiger partial charge in [-0.25, -0.2) is 4.79 Å². The third-order valence-electron chi connectivity index (χ3n) is 3.00. The van der Waals surface area contributed by atoms with Gasteiger partial charge in [0.25, 0.3) is 0 Å². The Morgan fingerprint density at radius 1 is 1.50 bits per heavy atom. The van der Waals surface area contributed by atoms with Gasteiger partial charge in [-0.15, -0.1) is 10.2 Å². The van der Waals surface area contributed by atoms with Gasteiger partial charge >= 0.3 is 5.97 Å². The van der Waals surface area contributed by atoms with Gasteiger partial charge in [-0.2, -0.15) is 0 Å². The first-order chi connectivity index (χ1) is 8.75. The molecule has 0 radical (unpaired) electrons. The van der Waals surface area contributed by atoms with Gasteiger partial charge < -0.3 is 15.2 Å². The van der Waals surface area contributed by atoms with Crippen LogP contribution in [0.3, 0.4) is 0 Å². The van der Waals surface area contributed by atoms with Crippen molar-refractivity contribution in [2.45, 2.75) is 19.3 Å². The van der Waals surface area contributed by atoms with E-state index in [9.17, 15) is 4.79 Å². The summed E-state index contributed by atoms with van der Waals surface area (Å²) in [5.41, 5.74) is -0.0405. The smallest absolute Gasteiger partial charge is 0.356 e. The van der Waals surface area contributed by atoms with Crippen molar-refractivity contribution in [3.63, 3.8) is 0 Å². The lowest BCUT2D eigenvalue weighted by molar-refractivity contribution is 0.0530. The van der Waals surface area contributed by atoms with E-state index in [1.165, 1.54) is 12.5 Å². The van der Waals surface area contributed by atoms with Crippen LogP contribution in [0.2, 0.25) is 0 Å². The summed E-state index contributed by atoms with van der Waals surface area (Å²) in [5.74, 6) is 0.155. The minimum atomic E-state index is -1.06. The first kappa shape index (κ1) is 12.8. The molecule has 2 N–H and O–H groups in total. The number of nitrogens with zero attached hydrogens (tertiary/aromatic N) is 2. The fourth-order valence-corrected chi connectivity index (χ4v) is 1.98. The maximum absolute atomic E-state index is 10.6. The Morgan fingerprint density at radius 3 is 3.00 bits per heavy atom. The maximum Gasteiger partial charge on any atom is 0.356 e. The summed E-state index contributed by atoms with van der Waals surface area (Å²) in [6.45, 7) is 2.52. The van der Waals surface area contributed by atoms with Crippen LogP contribution in [0.5, 0.6) is 0 Å². The molecule has 1 fully saturated rings. The molecule has 1 atom stereocenters. The third kappa shape index (κ3) is 3.66. The number of rotatable bonds is 5. The van der Waals surface area contributed by atoms with E-state index < -0.39 is 5.97 Å². The summed E-state index contributed by atoms with van der Waals surface area (Å²) in [5, 5.41) is 19.2. The van der Waals surface area contributed by atoms with Gasteiger partial charge in [0.05, 0.1) is 0 Å². The number of anilines is 1. The highest BCUT2D eigenvalue weighted by Gasteiger charge is 2.13. The first-order valence-electron chi connectivity index (χ1n) is 6.14. The molecule has 1 saturated heterocycles. The Bertz CT molecular complexity index is 388. The molecular formula is C12H17N3O3. The minimum Gasteiger partial charge on any atom is -0.476 e. The van der Waals surface area contributed by atoms with E-state index in [-0.39, 0.29) is 5.69 Å². The number of nitrogens with one attached hydrogen (secondary N) is 1. The number of carboxylic acids is 1. The van der Waals surface area contributed by atoms with Gasteiger partial charge in [0.2, 0.25) is 0 Å². The SMILES string of the molecule is O=C(O)c1ccc(NCC[C@H]2CCCOC2)nn1. The predicted octanol–water partition coefficient (Wildman–Crippen LogP) is 1.40. The third-order valence-corrected chi connectivity index (χ3v) is 3.00. The number of carboxylic acid groups (broad SMARTS) is 1. The molecule has 1 aliphatic rings. The van der Waals surface area contributed by atoms with Gasteiger partial charge in [0, 0.05) is 19.8 Å². The molecule has 6 heteroatoms. The Labute approximate surface area is 105 Å². The minimum absolute atomic E-state index is 0.0405. The lowest BCUT2D eigenvalue weighted by atomic mass is 9.99. The summed E-state index contributed by atoms with van der Waals surface area (Å²) >= 11 is 0. The van der Waals surface area contributed by atoms with E-state index in [4.69, 9.17) is 9.84 Å². The van der Waals surface area contributed by atoms with Gasteiger partial charge in [-0.05, 0) is 37.3 Å². The molecular weight excluding hydrogens is 234 g/mol. The topological polar surface area (TPSA) is 84.3 Å². The van der Waals surface area contributed by atoms with Crippen molar-refractivity contribution < 1.29 is 14.6 Å². The normalized spacial score (nSPS) is 19.4. The second-order valence-corrected chi connectivity index (χ2v) is 4.41. The molecule has 0 saturated carbocycles. The van der Waals surface area contributed by atoms with Crippen LogP contribution in [0.25, 0.3) is 0 Å². The zero-order valence-electron chi connectivity index (χ0n) is 10.1. The van der Waals surface area contributed by atoms with Gasteiger partial charge in [0.1, 0.15) is 5.82 Å².